The normalized spacial score (nSPS) is 11.8. The molecule has 2 aromatic rings. The summed E-state index contributed by atoms with van der Waals surface area (Å²) in [5.74, 6) is -0.223. The Balaban J connectivity index is 1.97. The second-order valence-electron chi connectivity index (χ2n) is 6.16. The number of nitrogens with one attached hydrogen (secondary N) is 1. The summed E-state index contributed by atoms with van der Waals surface area (Å²) in [6, 6.07) is 7.59. The van der Waals surface area contributed by atoms with E-state index in [2.05, 4.69) is 36.4 Å². The first-order valence-electron chi connectivity index (χ1n) is 7.36. The van der Waals surface area contributed by atoms with Crippen LogP contribution < -0.4 is 5.43 Å². The van der Waals surface area contributed by atoms with Gasteiger partial charge in [0.05, 0.1) is 12.4 Å². The van der Waals surface area contributed by atoms with Gasteiger partial charge in [-0.15, -0.1) is 0 Å². The van der Waals surface area contributed by atoms with Gasteiger partial charge in [0.1, 0.15) is 0 Å². The van der Waals surface area contributed by atoms with Gasteiger partial charge in [0, 0.05) is 23.9 Å². The van der Waals surface area contributed by atoms with Gasteiger partial charge >= 0.3 is 0 Å². The minimum absolute atomic E-state index is 0.0760. The Hall–Kier alpha value is -2.43. The molecule has 1 N–H and O–H groups in total. The lowest BCUT2D eigenvalue weighted by molar-refractivity contribution is 0.0955. The Kier molecular flexibility index (Phi) is 4.75. The SMILES string of the molecule is CCn1cc(C=NNC(=O)c2ccc(C(C)(C)C)cc2)cn1. The predicted molar refractivity (Wildman–Crippen MR) is 88.1 cm³/mol. The summed E-state index contributed by atoms with van der Waals surface area (Å²) in [7, 11) is 0. The number of hydrogen-bond acceptors (Lipinski definition) is 3. The zero-order valence-corrected chi connectivity index (χ0v) is 13.5. The number of hydrazone groups is 1. The summed E-state index contributed by atoms with van der Waals surface area (Å²) >= 11 is 0. The van der Waals surface area contributed by atoms with Crippen molar-refractivity contribution in [1.82, 2.24) is 15.2 Å². The molecule has 0 aliphatic carbocycles. The lowest BCUT2D eigenvalue weighted by Gasteiger charge is -2.18. The van der Waals surface area contributed by atoms with E-state index in [0.717, 1.165) is 12.1 Å². The van der Waals surface area contributed by atoms with Crippen molar-refractivity contribution in [3.05, 3.63) is 53.3 Å². The summed E-state index contributed by atoms with van der Waals surface area (Å²) in [6.07, 6.45) is 5.16. The van der Waals surface area contributed by atoms with Crippen molar-refractivity contribution in [2.75, 3.05) is 0 Å². The zero-order chi connectivity index (χ0) is 16.2. The quantitative estimate of drug-likeness (QED) is 0.697. The van der Waals surface area contributed by atoms with Crippen LogP contribution in [-0.4, -0.2) is 21.9 Å². The van der Waals surface area contributed by atoms with Gasteiger partial charge in [-0.1, -0.05) is 32.9 Å². The molecule has 0 unspecified atom stereocenters. The van der Waals surface area contributed by atoms with Gasteiger partial charge in [-0.05, 0) is 30.0 Å². The number of rotatable bonds is 4. The van der Waals surface area contributed by atoms with Crippen molar-refractivity contribution in [2.45, 2.75) is 39.7 Å². The second kappa shape index (κ2) is 6.56. The monoisotopic (exact) mass is 298 g/mol. The maximum Gasteiger partial charge on any atom is 0.271 e. The summed E-state index contributed by atoms with van der Waals surface area (Å²) < 4.78 is 1.80. The number of benzene rings is 1. The van der Waals surface area contributed by atoms with E-state index in [1.54, 1.807) is 17.1 Å². The summed E-state index contributed by atoms with van der Waals surface area (Å²) in [6.45, 7) is 9.24. The van der Waals surface area contributed by atoms with E-state index in [4.69, 9.17) is 0 Å². The maximum atomic E-state index is 12.0. The Morgan fingerprint density at radius 3 is 2.55 bits per heavy atom. The summed E-state index contributed by atoms with van der Waals surface area (Å²) in [4.78, 5) is 12.0. The fraction of sp³-hybridized carbons (Fsp3) is 0.353. The average Bonchev–Trinajstić information content (AvgIpc) is 2.94. The molecule has 5 heteroatoms. The molecule has 0 aliphatic rings. The van der Waals surface area contributed by atoms with Crippen molar-refractivity contribution in [3.8, 4) is 0 Å². The number of carbonyl (C=O) groups is 1. The van der Waals surface area contributed by atoms with E-state index < -0.39 is 0 Å². The maximum absolute atomic E-state index is 12.0. The number of nitrogens with zero attached hydrogens (tertiary/aromatic N) is 3. The predicted octanol–water partition coefficient (Wildman–Crippen LogP) is 2.96. The van der Waals surface area contributed by atoms with Crippen molar-refractivity contribution in [3.63, 3.8) is 0 Å². The molecule has 0 aliphatic heterocycles. The van der Waals surface area contributed by atoms with Crippen molar-refractivity contribution in [2.24, 2.45) is 5.10 Å². The van der Waals surface area contributed by atoms with Crippen LogP contribution in [-0.2, 0) is 12.0 Å². The van der Waals surface area contributed by atoms with Crippen LogP contribution >= 0.6 is 0 Å². The number of aromatic nitrogens is 2. The highest BCUT2D eigenvalue weighted by atomic mass is 16.2. The highest BCUT2D eigenvalue weighted by Gasteiger charge is 2.14. The topological polar surface area (TPSA) is 59.3 Å². The molecule has 0 saturated carbocycles. The van der Waals surface area contributed by atoms with Crippen LogP contribution in [0.3, 0.4) is 0 Å². The highest BCUT2D eigenvalue weighted by Crippen LogP contribution is 2.22. The number of hydrogen-bond donors (Lipinski definition) is 1. The van der Waals surface area contributed by atoms with Gasteiger partial charge in [-0.3, -0.25) is 9.48 Å². The first kappa shape index (κ1) is 15.9. The molecule has 0 radical (unpaired) electrons. The van der Waals surface area contributed by atoms with Crippen LogP contribution in [0.4, 0.5) is 0 Å². The minimum atomic E-state index is -0.223. The van der Waals surface area contributed by atoms with Crippen LogP contribution in [0.5, 0.6) is 0 Å². The van der Waals surface area contributed by atoms with E-state index in [1.165, 1.54) is 5.56 Å². The Bertz CT molecular complexity index is 663. The van der Waals surface area contributed by atoms with Gasteiger partial charge in [0.2, 0.25) is 0 Å². The zero-order valence-electron chi connectivity index (χ0n) is 13.5. The summed E-state index contributed by atoms with van der Waals surface area (Å²) in [5.41, 5.74) is 5.24. The van der Waals surface area contributed by atoms with E-state index in [1.807, 2.05) is 37.4 Å². The van der Waals surface area contributed by atoms with Crippen molar-refractivity contribution < 1.29 is 4.79 Å². The molecule has 0 saturated heterocycles. The molecule has 22 heavy (non-hydrogen) atoms. The first-order chi connectivity index (χ1) is 10.4. The lowest BCUT2D eigenvalue weighted by Crippen LogP contribution is -2.18. The van der Waals surface area contributed by atoms with Gasteiger partial charge in [-0.2, -0.15) is 10.2 Å². The smallest absolute Gasteiger partial charge is 0.271 e. The lowest BCUT2D eigenvalue weighted by atomic mass is 9.87. The molecule has 116 valence electrons. The second-order valence-corrected chi connectivity index (χ2v) is 6.16. The molecule has 1 aromatic heterocycles. The molecular formula is C17H22N4O. The third-order valence-electron chi connectivity index (χ3n) is 3.37. The van der Waals surface area contributed by atoms with Gasteiger partial charge in [0.15, 0.2) is 0 Å². The first-order valence-corrected chi connectivity index (χ1v) is 7.36. The molecule has 1 aromatic carbocycles. The van der Waals surface area contributed by atoms with Crippen LogP contribution in [0.2, 0.25) is 0 Å². The third kappa shape index (κ3) is 4.04. The molecule has 1 heterocycles. The Labute approximate surface area is 131 Å². The van der Waals surface area contributed by atoms with Crippen LogP contribution in [0.1, 0.15) is 49.2 Å². The van der Waals surface area contributed by atoms with E-state index in [9.17, 15) is 4.79 Å². The third-order valence-corrected chi connectivity index (χ3v) is 3.37. The molecule has 2 rings (SSSR count). The van der Waals surface area contributed by atoms with E-state index >= 15 is 0 Å². The standard InChI is InChI=1S/C17H22N4O/c1-5-21-12-13(11-19-21)10-18-20-16(22)14-6-8-15(9-7-14)17(2,3)4/h6-12H,5H2,1-4H3,(H,20,22). The van der Waals surface area contributed by atoms with Crippen LogP contribution in [0.15, 0.2) is 41.8 Å². The van der Waals surface area contributed by atoms with Crippen LogP contribution in [0, 0.1) is 0 Å². The molecule has 5 nitrogen and oxygen atoms in total. The molecule has 1 amide bonds. The molecule has 0 bridgehead atoms. The minimum Gasteiger partial charge on any atom is -0.272 e. The fourth-order valence-corrected chi connectivity index (χ4v) is 1.97. The highest BCUT2D eigenvalue weighted by molar-refractivity contribution is 5.94. The van der Waals surface area contributed by atoms with Gasteiger partial charge in [-0.25, -0.2) is 5.43 Å². The van der Waals surface area contributed by atoms with E-state index in [0.29, 0.717) is 5.56 Å². The molecular weight excluding hydrogens is 276 g/mol. The van der Waals surface area contributed by atoms with Crippen molar-refractivity contribution >= 4 is 12.1 Å². The molecule has 0 fully saturated rings. The van der Waals surface area contributed by atoms with Crippen molar-refractivity contribution in [1.29, 1.82) is 0 Å². The number of carbonyl (C=O) groups excluding carboxylic acids is 1. The largest absolute Gasteiger partial charge is 0.272 e. The average molecular weight is 298 g/mol. The number of aryl methyl sites for hydroxylation is 1. The molecule has 0 atom stereocenters. The number of amides is 1. The van der Waals surface area contributed by atoms with Gasteiger partial charge in [0.25, 0.3) is 5.91 Å². The molecule has 0 spiro atoms. The Morgan fingerprint density at radius 2 is 2.00 bits per heavy atom. The van der Waals surface area contributed by atoms with Gasteiger partial charge < -0.3 is 0 Å². The Morgan fingerprint density at radius 1 is 1.32 bits per heavy atom. The summed E-state index contributed by atoms with van der Waals surface area (Å²) in [5, 5.41) is 8.09. The fourth-order valence-electron chi connectivity index (χ4n) is 1.97. The van der Waals surface area contributed by atoms with E-state index in [-0.39, 0.29) is 11.3 Å². The van der Waals surface area contributed by atoms with Crippen LogP contribution in [0.25, 0.3) is 0 Å².